The van der Waals surface area contributed by atoms with Crippen LogP contribution in [0.4, 0.5) is 13.2 Å². The van der Waals surface area contributed by atoms with Crippen LogP contribution in [0.2, 0.25) is 0 Å². The minimum atomic E-state index is -4.83. The Morgan fingerprint density at radius 2 is 1.93 bits per heavy atom. The maximum absolute atomic E-state index is 11.8. The predicted molar refractivity (Wildman–Crippen MR) is 34.8 cm³/mol. The van der Waals surface area contributed by atoms with Crippen LogP contribution in [0.15, 0.2) is 4.42 Å². The Labute approximate surface area is 75.8 Å². The van der Waals surface area contributed by atoms with Gasteiger partial charge in [-0.05, 0) is 0 Å². The van der Waals surface area contributed by atoms with E-state index in [1.807, 2.05) is 0 Å². The molecule has 0 atom stereocenters. The molecule has 1 rings (SSSR count). The molecule has 1 aromatic rings. The summed E-state index contributed by atoms with van der Waals surface area (Å²) in [4.78, 5) is 0. The third-order valence-electron chi connectivity index (χ3n) is 0.872. The molecule has 0 aliphatic carbocycles. The molecule has 0 aliphatic rings. The van der Waals surface area contributed by atoms with Gasteiger partial charge in [0.15, 0.2) is 0 Å². The van der Waals surface area contributed by atoms with Gasteiger partial charge in [0.2, 0.25) is 0 Å². The van der Waals surface area contributed by atoms with E-state index < -0.39 is 28.3 Å². The number of hydrogen-bond donors (Lipinski definition) is 0. The summed E-state index contributed by atoms with van der Waals surface area (Å²) in [5.41, 5.74) is 0. The quantitative estimate of drug-likeness (QED) is 0.687. The van der Waals surface area contributed by atoms with Crippen LogP contribution in [-0.4, -0.2) is 24.9 Å². The van der Waals surface area contributed by atoms with Crippen LogP contribution in [0.1, 0.15) is 5.89 Å². The molecule has 0 spiro atoms. The van der Waals surface area contributed by atoms with E-state index >= 15 is 0 Å². The molecule has 10 heteroatoms. The molecule has 0 aromatic carbocycles. The summed E-state index contributed by atoms with van der Waals surface area (Å²) in [5, 5.41) is 5.27. The summed E-state index contributed by atoms with van der Waals surface area (Å²) >= 11 is 0. The summed E-state index contributed by atoms with van der Waals surface area (Å²) in [6.45, 7) is 0. The van der Waals surface area contributed by atoms with Crippen LogP contribution in [-0.2, 0) is 16.3 Å². The molecule has 14 heavy (non-hydrogen) atoms. The van der Waals surface area contributed by atoms with E-state index in [2.05, 4.69) is 18.8 Å². The highest BCUT2D eigenvalue weighted by Gasteiger charge is 2.38. The Bertz CT molecular complexity index is 422. The first-order valence-electron chi connectivity index (χ1n) is 2.98. The number of nitrogens with zero attached hydrogens (tertiary/aromatic N) is 2. The fourth-order valence-electron chi connectivity index (χ4n) is 0.487. The van der Waals surface area contributed by atoms with Gasteiger partial charge in [-0.2, -0.15) is 21.6 Å². The van der Waals surface area contributed by atoms with Gasteiger partial charge in [-0.1, -0.05) is 10.2 Å². The van der Waals surface area contributed by atoms with Gasteiger partial charge >= 0.3 is 28.3 Å². The molecule has 1 heterocycles. The van der Waals surface area contributed by atoms with Crippen LogP contribution in [0.25, 0.3) is 0 Å². The summed E-state index contributed by atoms with van der Waals surface area (Å²) in [6.07, 6.45) is -5.27. The number of halogens is 3. The molecule has 0 fully saturated rings. The summed E-state index contributed by atoms with van der Waals surface area (Å²) in [6, 6.07) is 0. The molecule has 0 bridgehead atoms. The zero-order valence-corrected chi connectivity index (χ0v) is 7.39. The third-order valence-corrected chi connectivity index (χ3v) is 1.32. The fraction of sp³-hybridized carbons (Fsp3) is 0.500. The van der Waals surface area contributed by atoms with Gasteiger partial charge < -0.3 is 8.60 Å². The Morgan fingerprint density at radius 1 is 1.36 bits per heavy atom. The van der Waals surface area contributed by atoms with Crippen molar-refractivity contribution in [2.45, 2.75) is 6.18 Å². The molecule has 0 aliphatic heterocycles. The Balaban J connectivity index is 2.90. The molecular weight excluding hydrogens is 229 g/mol. The van der Waals surface area contributed by atoms with Gasteiger partial charge in [-0.15, -0.1) is 0 Å². The molecule has 1 aromatic heterocycles. The Kier molecular flexibility index (Phi) is 2.39. The van der Waals surface area contributed by atoms with E-state index in [4.69, 9.17) is 0 Å². The summed E-state index contributed by atoms with van der Waals surface area (Å²) < 4.78 is 64.1. The van der Waals surface area contributed by atoms with Crippen molar-refractivity contribution < 1.29 is 30.2 Å². The highest BCUT2D eigenvalue weighted by atomic mass is 32.2. The molecule has 0 radical (unpaired) electrons. The van der Waals surface area contributed by atoms with Crippen molar-refractivity contribution in [1.82, 2.24) is 10.2 Å². The minimum Gasteiger partial charge on any atom is -0.383 e. The molecule has 0 amide bonds. The van der Waals surface area contributed by atoms with Crippen molar-refractivity contribution in [2.75, 3.05) is 6.26 Å². The smallest absolute Gasteiger partial charge is 0.383 e. The normalized spacial score (nSPS) is 12.9. The van der Waals surface area contributed by atoms with Gasteiger partial charge in [0, 0.05) is 0 Å². The van der Waals surface area contributed by atoms with E-state index in [1.165, 1.54) is 0 Å². The second-order valence-corrected chi connectivity index (χ2v) is 3.73. The molecule has 0 unspecified atom stereocenters. The van der Waals surface area contributed by atoms with E-state index in [0.717, 1.165) is 0 Å². The van der Waals surface area contributed by atoms with Crippen molar-refractivity contribution in [1.29, 1.82) is 0 Å². The van der Waals surface area contributed by atoms with Crippen LogP contribution in [0, 0.1) is 0 Å². The number of rotatable bonds is 2. The summed E-state index contributed by atoms with van der Waals surface area (Å²) in [5.74, 6) is -1.67. The topological polar surface area (TPSA) is 82.3 Å². The molecule has 80 valence electrons. The molecule has 6 nitrogen and oxygen atoms in total. The average molecular weight is 232 g/mol. The van der Waals surface area contributed by atoms with E-state index in [0.29, 0.717) is 6.26 Å². The lowest BCUT2D eigenvalue weighted by Gasteiger charge is -1.97. The van der Waals surface area contributed by atoms with Crippen molar-refractivity contribution >= 4 is 10.1 Å². The standard InChI is InChI=1S/C4H3F3N2O4S/c1-14(10,11)13-3-9-8-2(12-3)4(5,6)7/h1H3. The second-order valence-electron chi connectivity index (χ2n) is 2.16. The van der Waals surface area contributed by atoms with Crippen molar-refractivity contribution in [3.05, 3.63) is 5.89 Å². The van der Waals surface area contributed by atoms with Gasteiger partial charge in [-0.25, -0.2) is 0 Å². The van der Waals surface area contributed by atoms with E-state index in [-0.39, 0.29) is 0 Å². The first-order chi connectivity index (χ1) is 6.18. The Morgan fingerprint density at radius 3 is 2.29 bits per heavy atom. The van der Waals surface area contributed by atoms with Crippen molar-refractivity contribution in [3.8, 4) is 6.08 Å². The van der Waals surface area contributed by atoms with Gasteiger partial charge in [-0.3, -0.25) is 0 Å². The van der Waals surface area contributed by atoms with Crippen molar-refractivity contribution in [2.24, 2.45) is 0 Å². The van der Waals surface area contributed by atoms with Gasteiger partial charge in [0.25, 0.3) is 0 Å². The lowest BCUT2D eigenvalue weighted by Crippen LogP contribution is -2.06. The number of hydrogen-bond acceptors (Lipinski definition) is 6. The highest BCUT2D eigenvalue weighted by molar-refractivity contribution is 7.86. The monoisotopic (exact) mass is 232 g/mol. The van der Waals surface area contributed by atoms with Gasteiger partial charge in [0.1, 0.15) is 0 Å². The fourth-order valence-corrected chi connectivity index (χ4v) is 0.814. The Hall–Kier alpha value is -1.32. The third kappa shape index (κ3) is 2.87. The summed E-state index contributed by atoms with van der Waals surface area (Å²) in [7, 11) is -3.97. The minimum absolute atomic E-state index is 0.629. The van der Waals surface area contributed by atoms with E-state index in [1.54, 1.807) is 0 Å². The molecule has 0 saturated heterocycles. The average Bonchev–Trinajstić information content (AvgIpc) is 2.29. The lowest BCUT2D eigenvalue weighted by molar-refractivity contribution is -0.157. The molecule has 0 saturated carbocycles. The maximum Gasteiger partial charge on any atom is 0.470 e. The zero-order valence-electron chi connectivity index (χ0n) is 6.57. The first kappa shape index (κ1) is 10.8. The van der Waals surface area contributed by atoms with Crippen LogP contribution in [0.5, 0.6) is 6.08 Å². The highest BCUT2D eigenvalue weighted by Crippen LogP contribution is 2.29. The van der Waals surface area contributed by atoms with Crippen LogP contribution >= 0.6 is 0 Å². The van der Waals surface area contributed by atoms with Gasteiger partial charge in [0.05, 0.1) is 6.26 Å². The molecule has 0 N–H and O–H groups in total. The lowest BCUT2D eigenvalue weighted by atomic mass is 10.7. The second kappa shape index (κ2) is 3.12. The SMILES string of the molecule is CS(=O)(=O)Oc1nnc(C(F)(F)F)o1. The largest absolute Gasteiger partial charge is 0.470 e. The van der Waals surface area contributed by atoms with Crippen LogP contribution < -0.4 is 4.18 Å². The number of alkyl halides is 3. The van der Waals surface area contributed by atoms with Crippen molar-refractivity contribution in [3.63, 3.8) is 0 Å². The van der Waals surface area contributed by atoms with Crippen LogP contribution in [0.3, 0.4) is 0 Å². The predicted octanol–water partition coefficient (Wildman–Crippen LogP) is 0.427. The maximum atomic E-state index is 11.8. The van der Waals surface area contributed by atoms with E-state index in [9.17, 15) is 21.6 Å². The number of aromatic nitrogens is 2. The zero-order chi connectivity index (χ0) is 11.0. The first-order valence-corrected chi connectivity index (χ1v) is 4.80. The molecular formula is C4H3F3N2O4S.